The number of carbonyl (C=O) groups excluding carboxylic acids is 1. The number of thioether (sulfide) groups is 1. The molecule has 1 rings (SSSR count). The van der Waals surface area contributed by atoms with Crippen LogP contribution in [0.2, 0.25) is 0 Å². The van der Waals surface area contributed by atoms with Gasteiger partial charge in [0.25, 0.3) is 5.91 Å². The van der Waals surface area contributed by atoms with Gasteiger partial charge in [-0.3, -0.25) is 4.79 Å². The van der Waals surface area contributed by atoms with Gasteiger partial charge in [0.05, 0.1) is 0 Å². The van der Waals surface area contributed by atoms with Gasteiger partial charge in [-0.1, -0.05) is 13.0 Å². The van der Waals surface area contributed by atoms with E-state index >= 15 is 0 Å². The number of carbonyl (C=O) groups is 1. The predicted molar refractivity (Wildman–Crippen MR) is 80.3 cm³/mol. The number of amides is 1. The summed E-state index contributed by atoms with van der Waals surface area (Å²) in [6, 6.07) is 3.89. The number of anilines is 1. The molecule has 1 unspecified atom stereocenters. The third kappa shape index (κ3) is 3.95. The molecule has 0 heterocycles. The standard InChI is InChI=1S/C14H22N2OS/c1-5-18-8-11(4)16-14(17)12-7-13(15)10(3)6-9(12)2/h6-7,11H,5,8,15H2,1-4H3,(H,16,17). The molecule has 0 aliphatic carbocycles. The fraction of sp³-hybridized carbons (Fsp3) is 0.500. The zero-order valence-electron chi connectivity index (χ0n) is 11.5. The van der Waals surface area contributed by atoms with E-state index in [0.717, 1.165) is 22.6 Å². The first-order valence-electron chi connectivity index (χ1n) is 6.21. The summed E-state index contributed by atoms with van der Waals surface area (Å²) in [6.07, 6.45) is 0. The van der Waals surface area contributed by atoms with Crippen molar-refractivity contribution in [2.45, 2.75) is 33.7 Å². The van der Waals surface area contributed by atoms with E-state index in [1.54, 1.807) is 6.07 Å². The molecule has 100 valence electrons. The molecule has 18 heavy (non-hydrogen) atoms. The van der Waals surface area contributed by atoms with Crippen molar-refractivity contribution in [2.24, 2.45) is 0 Å². The number of aryl methyl sites for hydroxylation is 2. The summed E-state index contributed by atoms with van der Waals surface area (Å²) in [5.74, 6) is 1.96. The van der Waals surface area contributed by atoms with Crippen molar-refractivity contribution < 1.29 is 4.79 Å². The molecule has 0 aliphatic rings. The molecule has 0 bridgehead atoms. The van der Waals surface area contributed by atoms with Crippen molar-refractivity contribution in [2.75, 3.05) is 17.2 Å². The van der Waals surface area contributed by atoms with Gasteiger partial charge < -0.3 is 11.1 Å². The van der Waals surface area contributed by atoms with Crippen molar-refractivity contribution in [1.82, 2.24) is 5.32 Å². The van der Waals surface area contributed by atoms with Crippen LogP contribution in [0, 0.1) is 13.8 Å². The lowest BCUT2D eigenvalue weighted by Crippen LogP contribution is -2.34. The molecule has 0 spiro atoms. The molecule has 1 atom stereocenters. The van der Waals surface area contributed by atoms with Crippen LogP contribution in [0.3, 0.4) is 0 Å². The molecule has 1 aromatic carbocycles. The molecule has 1 aromatic rings. The quantitative estimate of drug-likeness (QED) is 0.806. The van der Waals surface area contributed by atoms with Crippen LogP contribution in [0.4, 0.5) is 5.69 Å². The molecule has 3 nitrogen and oxygen atoms in total. The Kier molecular flexibility index (Phi) is 5.54. The van der Waals surface area contributed by atoms with Crippen LogP contribution in [-0.4, -0.2) is 23.5 Å². The molecule has 0 aromatic heterocycles. The second-order valence-corrected chi connectivity index (χ2v) is 5.88. The van der Waals surface area contributed by atoms with E-state index in [4.69, 9.17) is 5.73 Å². The Morgan fingerprint density at radius 3 is 2.67 bits per heavy atom. The minimum atomic E-state index is -0.0385. The molecule has 3 N–H and O–H groups in total. The van der Waals surface area contributed by atoms with E-state index in [0.29, 0.717) is 11.3 Å². The summed E-state index contributed by atoms with van der Waals surface area (Å²) in [5.41, 5.74) is 9.17. The van der Waals surface area contributed by atoms with Crippen molar-refractivity contribution in [3.8, 4) is 0 Å². The van der Waals surface area contributed by atoms with E-state index in [1.165, 1.54) is 0 Å². The lowest BCUT2D eigenvalue weighted by molar-refractivity contribution is 0.0943. The average Bonchev–Trinajstić information content (AvgIpc) is 2.31. The van der Waals surface area contributed by atoms with E-state index in [-0.39, 0.29) is 11.9 Å². The van der Waals surface area contributed by atoms with Gasteiger partial charge in [0.2, 0.25) is 0 Å². The van der Waals surface area contributed by atoms with Crippen molar-refractivity contribution in [1.29, 1.82) is 0 Å². The van der Waals surface area contributed by atoms with Crippen molar-refractivity contribution >= 4 is 23.4 Å². The van der Waals surface area contributed by atoms with Gasteiger partial charge in [-0.25, -0.2) is 0 Å². The maximum atomic E-state index is 12.1. The topological polar surface area (TPSA) is 55.1 Å². The number of rotatable bonds is 5. The highest BCUT2D eigenvalue weighted by molar-refractivity contribution is 7.99. The number of nitrogen functional groups attached to an aromatic ring is 1. The molecule has 0 radical (unpaired) electrons. The van der Waals surface area contributed by atoms with E-state index in [1.807, 2.05) is 38.6 Å². The van der Waals surface area contributed by atoms with E-state index in [2.05, 4.69) is 12.2 Å². The van der Waals surface area contributed by atoms with Gasteiger partial charge >= 0.3 is 0 Å². The van der Waals surface area contributed by atoms with Gasteiger partial charge in [-0.15, -0.1) is 0 Å². The molecule has 4 heteroatoms. The molecular formula is C14H22N2OS. The summed E-state index contributed by atoms with van der Waals surface area (Å²) < 4.78 is 0. The summed E-state index contributed by atoms with van der Waals surface area (Å²) in [7, 11) is 0. The van der Waals surface area contributed by atoms with Gasteiger partial charge in [-0.2, -0.15) is 11.8 Å². The van der Waals surface area contributed by atoms with Crippen LogP contribution in [0.1, 0.15) is 35.3 Å². The average molecular weight is 266 g/mol. The minimum Gasteiger partial charge on any atom is -0.398 e. The van der Waals surface area contributed by atoms with Gasteiger partial charge in [0.1, 0.15) is 0 Å². The van der Waals surface area contributed by atoms with Crippen LogP contribution in [0.25, 0.3) is 0 Å². The Hall–Kier alpha value is -1.16. The largest absolute Gasteiger partial charge is 0.398 e. The first-order valence-corrected chi connectivity index (χ1v) is 7.36. The first kappa shape index (κ1) is 14.9. The van der Waals surface area contributed by atoms with Crippen LogP contribution in [-0.2, 0) is 0 Å². The first-order chi connectivity index (χ1) is 8.45. The molecule has 0 aliphatic heterocycles. The maximum absolute atomic E-state index is 12.1. The SMILES string of the molecule is CCSCC(C)NC(=O)c1cc(N)c(C)cc1C. The Bertz CT molecular complexity index is 432. The third-order valence-electron chi connectivity index (χ3n) is 2.81. The monoisotopic (exact) mass is 266 g/mol. The predicted octanol–water partition coefficient (Wildman–Crippen LogP) is 2.76. The summed E-state index contributed by atoms with van der Waals surface area (Å²) in [4.78, 5) is 12.1. The van der Waals surface area contributed by atoms with Crippen LogP contribution < -0.4 is 11.1 Å². The highest BCUT2D eigenvalue weighted by Gasteiger charge is 2.13. The fourth-order valence-corrected chi connectivity index (χ4v) is 2.42. The summed E-state index contributed by atoms with van der Waals surface area (Å²) in [6.45, 7) is 8.02. The Labute approximate surface area is 114 Å². The normalized spacial score (nSPS) is 12.2. The van der Waals surface area contributed by atoms with Crippen LogP contribution in [0.5, 0.6) is 0 Å². The molecule has 1 amide bonds. The lowest BCUT2D eigenvalue weighted by Gasteiger charge is -2.15. The van der Waals surface area contributed by atoms with Crippen LogP contribution in [0.15, 0.2) is 12.1 Å². The van der Waals surface area contributed by atoms with E-state index in [9.17, 15) is 4.79 Å². The van der Waals surface area contributed by atoms with Gasteiger partial charge in [0.15, 0.2) is 0 Å². The molecule has 0 saturated heterocycles. The minimum absolute atomic E-state index is 0.0385. The lowest BCUT2D eigenvalue weighted by atomic mass is 10.0. The summed E-state index contributed by atoms with van der Waals surface area (Å²) >= 11 is 1.82. The van der Waals surface area contributed by atoms with Gasteiger partial charge in [-0.05, 0) is 43.7 Å². The zero-order chi connectivity index (χ0) is 13.7. The molecule has 0 fully saturated rings. The molecule has 0 saturated carbocycles. The second-order valence-electron chi connectivity index (χ2n) is 4.56. The Balaban J connectivity index is 2.75. The van der Waals surface area contributed by atoms with Gasteiger partial charge in [0, 0.05) is 23.0 Å². The number of hydrogen-bond acceptors (Lipinski definition) is 3. The number of benzene rings is 1. The maximum Gasteiger partial charge on any atom is 0.251 e. The third-order valence-corrected chi connectivity index (χ3v) is 3.95. The molecular weight excluding hydrogens is 244 g/mol. The number of hydrogen-bond donors (Lipinski definition) is 2. The van der Waals surface area contributed by atoms with Crippen molar-refractivity contribution in [3.63, 3.8) is 0 Å². The Morgan fingerprint density at radius 2 is 2.06 bits per heavy atom. The number of nitrogens with two attached hydrogens (primary N) is 1. The second kappa shape index (κ2) is 6.69. The fourth-order valence-electron chi connectivity index (χ4n) is 1.75. The van der Waals surface area contributed by atoms with E-state index < -0.39 is 0 Å². The van der Waals surface area contributed by atoms with Crippen LogP contribution >= 0.6 is 11.8 Å². The highest BCUT2D eigenvalue weighted by Crippen LogP contribution is 2.18. The Morgan fingerprint density at radius 1 is 1.39 bits per heavy atom. The highest BCUT2D eigenvalue weighted by atomic mass is 32.2. The smallest absolute Gasteiger partial charge is 0.251 e. The zero-order valence-corrected chi connectivity index (χ0v) is 12.4. The number of nitrogens with one attached hydrogen (secondary N) is 1. The van der Waals surface area contributed by atoms with Crippen molar-refractivity contribution in [3.05, 3.63) is 28.8 Å². The summed E-state index contributed by atoms with van der Waals surface area (Å²) in [5, 5.41) is 3.00.